The summed E-state index contributed by atoms with van der Waals surface area (Å²) in [6.45, 7) is 4.76. The molecule has 0 atom stereocenters. The minimum atomic E-state index is -0.0255. The van der Waals surface area contributed by atoms with Crippen LogP contribution in [0.1, 0.15) is 33.8 Å². The van der Waals surface area contributed by atoms with E-state index in [1.165, 1.54) is 0 Å². The van der Waals surface area contributed by atoms with Crippen molar-refractivity contribution in [1.29, 1.82) is 0 Å². The molecule has 1 aliphatic heterocycles. The topological polar surface area (TPSA) is 57.3 Å². The lowest BCUT2D eigenvalue weighted by Gasteiger charge is -2.30. The molecule has 0 unspecified atom stereocenters. The largest absolute Gasteiger partial charge is 0.382 e. The lowest BCUT2D eigenvalue weighted by atomic mass is 10.0. The standard InChI is InChI=1S/C26H28N4OS/c1-17-21-7-6-18(14-19(21)8-11-27-17)16-28-26(31)25-15-22-23(4-3-5-24(22)32-25)29-20-9-12-30(2)13-10-20/h3-8,11,14-15,20,29H,9-10,12-13,16H2,1-2H3,(H,28,31). The Morgan fingerprint density at radius 1 is 1.12 bits per heavy atom. The number of rotatable bonds is 5. The third-order valence-electron chi connectivity index (χ3n) is 6.34. The van der Waals surface area contributed by atoms with E-state index in [-0.39, 0.29) is 5.91 Å². The molecule has 0 bridgehead atoms. The number of nitrogens with one attached hydrogen (secondary N) is 2. The highest BCUT2D eigenvalue weighted by atomic mass is 32.1. The molecule has 0 spiro atoms. The van der Waals surface area contributed by atoms with E-state index in [0.29, 0.717) is 12.6 Å². The molecule has 4 aromatic rings. The number of anilines is 1. The van der Waals surface area contributed by atoms with Crippen LogP contribution in [0.2, 0.25) is 0 Å². The number of pyridine rings is 1. The van der Waals surface area contributed by atoms with Crippen molar-refractivity contribution >= 4 is 43.8 Å². The molecule has 2 N–H and O–H groups in total. The van der Waals surface area contributed by atoms with Crippen molar-refractivity contribution in [3.8, 4) is 0 Å². The number of likely N-dealkylation sites (tertiary alicyclic amines) is 1. The molecule has 5 nitrogen and oxygen atoms in total. The molecule has 1 saturated heterocycles. The SMILES string of the molecule is Cc1nccc2cc(CNC(=O)c3cc4c(NC5CCN(C)CC5)cccc4s3)ccc12. The first-order chi connectivity index (χ1) is 15.6. The van der Waals surface area contributed by atoms with Crippen LogP contribution < -0.4 is 10.6 Å². The fourth-order valence-electron chi connectivity index (χ4n) is 4.43. The van der Waals surface area contributed by atoms with Crippen LogP contribution >= 0.6 is 11.3 Å². The molecular formula is C26H28N4OS. The maximum atomic E-state index is 12.9. The van der Waals surface area contributed by atoms with Crippen LogP contribution in [0.4, 0.5) is 5.69 Å². The predicted octanol–water partition coefficient (Wildman–Crippen LogP) is 5.19. The third-order valence-corrected chi connectivity index (χ3v) is 7.44. The number of aryl methyl sites for hydroxylation is 1. The molecule has 1 amide bonds. The average Bonchev–Trinajstić information content (AvgIpc) is 3.25. The van der Waals surface area contributed by atoms with Crippen LogP contribution in [-0.4, -0.2) is 42.0 Å². The Bertz CT molecular complexity index is 1270. The number of aromatic nitrogens is 1. The van der Waals surface area contributed by atoms with Crippen molar-refractivity contribution in [2.45, 2.75) is 32.4 Å². The van der Waals surface area contributed by atoms with E-state index in [1.54, 1.807) is 11.3 Å². The van der Waals surface area contributed by atoms with Crippen molar-refractivity contribution < 1.29 is 4.79 Å². The summed E-state index contributed by atoms with van der Waals surface area (Å²) >= 11 is 1.55. The number of carbonyl (C=O) groups is 1. The second kappa shape index (κ2) is 8.88. The minimum Gasteiger partial charge on any atom is -0.382 e. The van der Waals surface area contributed by atoms with Gasteiger partial charge in [-0.25, -0.2) is 0 Å². The van der Waals surface area contributed by atoms with Crippen molar-refractivity contribution in [2.24, 2.45) is 0 Å². The van der Waals surface area contributed by atoms with E-state index < -0.39 is 0 Å². The van der Waals surface area contributed by atoms with Gasteiger partial charge in [-0.05, 0) is 81.2 Å². The van der Waals surface area contributed by atoms with E-state index in [1.807, 2.05) is 25.3 Å². The molecular weight excluding hydrogens is 416 g/mol. The van der Waals surface area contributed by atoms with Crippen LogP contribution in [0.5, 0.6) is 0 Å². The average molecular weight is 445 g/mol. The molecule has 1 fully saturated rings. The minimum absolute atomic E-state index is 0.0255. The maximum Gasteiger partial charge on any atom is 0.261 e. The summed E-state index contributed by atoms with van der Waals surface area (Å²) in [5.74, 6) is -0.0255. The fraction of sp³-hybridized carbons (Fsp3) is 0.308. The number of piperidine rings is 1. The van der Waals surface area contributed by atoms with E-state index in [2.05, 4.69) is 64.0 Å². The van der Waals surface area contributed by atoms with Gasteiger partial charge in [0, 0.05) is 45.6 Å². The van der Waals surface area contributed by atoms with Gasteiger partial charge in [0.05, 0.1) is 4.88 Å². The molecule has 5 rings (SSSR count). The van der Waals surface area contributed by atoms with Gasteiger partial charge in [0.15, 0.2) is 0 Å². The Labute approximate surface area is 192 Å². The Balaban J connectivity index is 1.29. The molecule has 32 heavy (non-hydrogen) atoms. The summed E-state index contributed by atoms with van der Waals surface area (Å²) in [5, 5.41) is 10.2. The quantitative estimate of drug-likeness (QED) is 0.445. The van der Waals surface area contributed by atoms with Crippen LogP contribution in [-0.2, 0) is 6.54 Å². The molecule has 2 aromatic heterocycles. The predicted molar refractivity (Wildman–Crippen MR) is 134 cm³/mol. The number of fused-ring (bicyclic) bond motifs is 2. The molecule has 0 radical (unpaired) electrons. The normalized spacial score (nSPS) is 15.3. The van der Waals surface area contributed by atoms with Gasteiger partial charge in [0.1, 0.15) is 0 Å². The zero-order valence-electron chi connectivity index (χ0n) is 18.5. The van der Waals surface area contributed by atoms with Crippen LogP contribution in [0.15, 0.2) is 54.7 Å². The molecule has 0 saturated carbocycles. The zero-order chi connectivity index (χ0) is 22.1. The molecule has 3 heterocycles. The summed E-state index contributed by atoms with van der Waals surface area (Å²) in [7, 11) is 2.18. The number of carbonyl (C=O) groups excluding carboxylic acids is 1. The number of nitrogens with zero attached hydrogens (tertiary/aromatic N) is 2. The van der Waals surface area contributed by atoms with Gasteiger partial charge >= 0.3 is 0 Å². The first kappa shape index (κ1) is 20.9. The first-order valence-corrected chi connectivity index (χ1v) is 12.0. The lowest BCUT2D eigenvalue weighted by molar-refractivity contribution is 0.0955. The Kier molecular flexibility index (Phi) is 5.81. The maximum absolute atomic E-state index is 12.9. The van der Waals surface area contributed by atoms with Gasteiger partial charge in [-0.3, -0.25) is 9.78 Å². The first-order valence-electron chi connectivity index (χ1n) is 11.2. The van der Waals surface area contributed by atoms with E-state index in [0.717, 1.165) is 68.6 Å². The number of amides is 1. The van der Waals surface area contributed by atoms with E-state index >= 15 is 0 Å². The summed E-state index contributed by atoms with van der Waals surface area (Å²) in [5.41, 5.74) is 3.24. The summed E-state index contributed by atoms with van der Waals surface area (Å²) in [6, 6.07) is 17.1. The van der Waals surface area contributed by atoms with Crippen LogP contribution in [0.25, 0.3) is 20.9 Å². The number of benzene rings is 2. The molecule has 6 heteroatoms. The number of hydrogen-bond donors (Lipinski definition) is 2. The van der Waals surface area contributed by atoms with Gasteiger partial charge in [-0.1, -0.05) is 18.2 Å². The van der Waals surface area contributed by atoms with Gasteiger partial charge < -0.3 is 15.5 Å². The van der Waals surface area contributed by atoms with Crippen molar-refractivity contribution in [2.75, 3.05) is 25.5 Å². The molecule has 1 aliphatic rings. The summed E-state index contributed by atoms with van der Waals surface area (Å²) in [6.07, 6.45) is 4.12. The Morgan fingerprint density at radius 3 is 2.81 bits per heavy atom. The highest BCUT2D eigenvalue weighted by Gasteiger charge is 2.18. The summed E-state index contributed by atoms with van der Waals surface area (Å²) < 4.78 is 1.14. The lowest BCUT2D eigenvalue weighted by Crippen LogP contribution is -2.36. The van der Waals surface area contributed by atoms with Gasteiger partial charge in [0.25, 0.3) is 5.91 Å². The summed E-state index contributed by atoms with van der Waals surface area (Å²) in [4.78, 5) is 20.4. The molecule has 164 valence electrons. The van der Waals surface area contributed by atoms with Gasteiger partial charge in [0.2, 0.25) is 0 Å². The second-order valence-electron chi connectivity index (χ2n) is 8.68. The highest BCUT2D eigenvalue weighted by Crippen LogP contribution is 2.32. The van der Waals surface area contributed by atoms with Crippen molar-refractivity contribution in [1.82, 2.24) is 15.2 Å². The number of hydrogen-bond acceptors (Lipinski definition) is 5. The fourth-order valence-corrected chi connectivity index (χ4v) is 5.43. The highest BCUT2D eigenvalue weighted by molar-refractivity contribution is 7.20. The third kappa shape index (κ3) is 4.33. The van der Waals surface area contributed by atoms with Gasteiger partial charge in [-0.15, -0.1) is 11.3 Å². The second-order valence-corrected chi connectivity index (χ2v) is 9.77. The van der Waals surface area contributed by atoms with E-state index in [4.69, 9.17) is 0 Å². The Morgan fingerprint density at radius 2 is 1.97 bits per heavy atom. The Hall–Kier alpha value is -2.96. The monoisotopic (exact) mass is 444 g/mol. The van der Waals surface area contributed by atoms with Crippen molar-refractivity contribution in [3.63, 3.8) is 0 Å². The molecule has 2 aromatic carbocycles. The van der Waals surface area contributed by atoms with Crippen LogP contribution in [0, 0.1) is 6.92 Å². The van der Waals surface area contributed by atoms with Gasteiger partial charge in [-0.2, -0.15) is 0 Å². The zero-order valence-corrected chi connectivity index (χ0v) is 19.3. The van der Waals surface area contributed by atoms with Crippen molar-refractivity contribution in [3.05, 3.63) is 70.9 Å². The smallest absolute Gasteiger partial charge is 0.261 e. The number of thiophene rings is 1. The molecule has 0 aliphatic carbocycles. The van der Waals surface area contributed by atoms with E-state index in [9.17, 15) is 4.79 Å². The van der Waals surface area contributed by atoms with Crippen LogP contribution in [0.3, 0.4) is 0 Å².